The zero-order chi connectivity index (χ0) is 43.0. The summed E-state index contributed by atoms with van der Waals surface area (Å²) in [5.74, 6) is 5.36. The Bertz CT molecular complexity index is 2500. The van der Waals surface area contributed by atoms with Crippen molar-refractivity contribution >= 4 is 65.8 Å². The summed E-state index contributed by atoms with van der Waals surface area (Å²) < 4.78 is 4.86. The molecule has 64 heavy (non-hydrogen) atoms. The van der Waals surface area contributed by atoms with Gasteiger partial charge in [-0.3, -0.25) is 9.80 Å². The fourth-order valence-corrected chi connectivity index (χ4v) is 13.2. The summed E-state index contributed by atoms with van der Waals surface area (Å²) in [6.07, 6.45) is 33.2. The van der Waals surface area contributed by atoms with Crippen molar-refractivity contribution in [1.29, 1.82) is 0 Å². The second kappa shape index (κ2) is 19.0. The zero-order valence-electron chi connectivity index (χ0n) is 37.1. The first kappa shape index (κ1) is 42.4. The van der Waals surface area contributed by atoms with Crippen molar-refractivity contribution in [3.8, 4) is 22.3 Å². The van der Waals surface area contributed by atoms with Crippen molar-refractivity contribution in [2.45, 2.75) is 77.3 Å². The van der Waals surface area contributed by atoms with Crippen molar-refractivity contribution in [1.82, 2.24) is 19.8 Å². The Morgan fingerprint density at radius 1 is 0.469 bits per heavy atom. The van der Waals surface area contributed by atoms with Gasteiger partial charge >= 0.3 is 0 Å². The molecular weight excluding hydrogens is 817 g/mol. The Hall–Kier alpha value is -4.20. The molecule has 0 N–H and O–H groups in total. The molecule has 7 heterocycles. The highest BCUT2D eigenvalue weighted by atomic mass is 32.1. The molecule has 3 aromatic heterocycles. The highest BCUT2D eigenvalue weighted by molar-refractivity contribution is 7.24. The van der Waals surface area contributed by atoms with Crippen LogP contribution in [0.2, 0.25) is 0 Å². The van der Waals surface area contributed by atoms with Crippen molar-refractivity contribution in [2.24, 2.45) is 0 Å². The predicted molar refractivity (Wildman–Crippen MR) is 273 cm³/mol. The molecule has 2 aromatic carbocycles. The van der Waals surface area contributed by atoms with Crippen molar-refractivity contribution < 1.29 is 0 Å². The van der Waals surface area contributed by atoms with Crippen LogP contribution in [0.1, 0.15) is 99.1 Å². The van der Waals surface area contributed by atoms with E-state index in [1.807, 2.05) is 22.7 Å². The van der Waals surface area contributed by atoms with Crippen LogP contribution in [0.15, 0.2) is 84.9 Å². The zero-order valence-corrected chi connectivity index (χ0v) is 38.7. The van der Waals surface area contributed by atoms with Crippen LogP contribution < -0.4 is 0 Å². The van der Waals surface area contributed by atoms with Crippen LogP contribution >= 0.6 is 22.7 Å². The molecule has 6 aliphatic rings. The SMILES string of the molecule is CCC1CCCCN1C[C]1[CH][CH][CH][C]1c1c2nc(c(-c3ccccc3)c3ccc(s3)c(-c3ccccc3)c3nc(c([C]4[CH][CH][CH][C]4CN4CCCCC4CC)c4ccc1s4)C=C3)C=C2. The molecule has 2 aliphatic carbocycles. The van der Waals surface area contributed by atoms with E-state index in [-0.39, 0.29) is 0 Å². The van der Waals surface area contributed by atoms with Gasteiger partial charge in [0.1, 0.15) is 0 Å². The number of piperidine rings is 2. The molecule has 0 spiro atoms. The summed E-state index contributed by atoms with van der Waals surface area (Å²) in [6.45, 7) is 8.95. The molecule has 8 bridgehead atoms. The van der Waals surface area contributed by atoms with Crippen LogP contribution in [0.25, 0.3) is 65.4 Å². The largest absolute Gasteiger partial charge is 0.300 e. The first-order valence-electron chi connectivity index (χ1n) is 23.7. The first-order chi connectivity index (χ1) is 31.6. The summed E-state index contributed by atoms with van der Waals surface area (Å²) in [5, 5.41) is 0. The highest BCUT2D eigenvalue weighted by Gasteiger charge is 2.39. The summed E-state index contributed by atoms with van der Waals surface area (Å²) in [4.78, 5) is 16.8. The molecule has 11 rings (SSSR count). The number of hydrogen-bond donors (Lipinski definition) is 0. The smallest absolute Gasteiger partial charge is 0.0730 e. The van der Waals surface area contributed by atoms with E-state index in [1.165, 1.54) is 116 Å². The maximum Gasteiger partial charge on any atom is 0.0730 e. The van der Waals surface area contributed by atoms with E-state index in [1.54, 1.807) is 0 Å². The number of benzene rings is 2. The molecule has 4 nitrogen and oxygen atoms in total. The molecular formula is C58H56N4S2. The highest BCUT2D eigenvalue weighted by Crippen LogP contribution is 2.49. The molecule has 2 saturated heterocycles. The number of hydrogen-bond acceptors (Lipinski definition) is 6. The average molecular weight is 873 g/mol. The molecule has 5 aromatic rings. The van der Waals surface area contributed by atoms with Gasteiger partial charge < -0.3 is 0 Å². The van der Waals surface area contributed by atoms with E-state index in [9.17, 15) is 0 Å². The monoisotopic (exact) mass is 872 g/mol. The number of nitrogens with zero attached hydrogens (tertiary/aromatic N) is 4. The minimum absolute atomic E-state index is 0.629. The molecule has 0 amide bonds. The van der Waals surface area contributed by atoms with E-state index in [2.05, 4.69) is 171 Å². The normalized spacial score (nSPS) is 21.7. The lowest BCUT2D eigenvalue weighted by Crippen LogP contribution is -2.42. The van der Waals surface area contributed by atoms with Crippen LogP contribution in [-0.2, 0) is 0 Å². The molecule has 320 valence electrons. The van der Waals surface area contributed by atoms with Crippen molar-refractivity contribution in [2.75, 3.05) is 26.2 Å². The van der Waals surface area contributed by atoms with E-state index in [4.69, 9.17) is 9.97 Å². The standard InChI is InChI=1S/C58H56N4S2/c1-3-43-23-11-13-35-61(43)37-41-21-15-25-45(41)57-49-29-27-47(59-49)55(39-17-7-5-8-18-39)51-31-32-52(63-51)56(40-19-9-6-10-20-40)48-28-30-50(60-48)58(54-34-33-53(57)64-54)46-26-16-22-42(46)38-62-36-14-12-24-44(62)4-2/h5-10,15-22,25-34,43-44H,3-4,11-14,23-24,35-38H2,1-2H3. The minimum Gasteiger partial charge on any atom is -0.300 e. The molecule has 2 saturated carbocycles. The van der Waals surface area contributed by atoms with Crippen molar-refractivity contribution in [3.63, 3.8) is 0 Å². The second-order valence-electron chi connectivity index (χ2n) is 18.0. The van der Waals surface area contributed by atoms with E-state index >= 15 is 0 Å². The van der Waals surface area contributed by atoms with Gasteiger partial charge in [-0.25, -0.2) is 9.97 Å². The van der Waals surface area contributed by atoms with Crippen LogP contribution in [0.4, 0.5) is 0 Å². The van der Waals surface area contributed by atoms with Gasteiger partial charge in [-0.15, -0.1) is 22.7 Å². The molecule has 6 heteroatoms. The Morgan fingerprint density at radius 2 is 0.859 bits per heavy atom. The quantitative estimate of drug-likeness (QED) is 0.137. The summed E-state index contributed by atoms with van der Waals surface area (Å²) in [5.41, 5.74) is 11.1. The van der Waals surface area contributed by atoms with Gasteiger partial charge in [-0.05, 0) is 150 Å². The Kier molecular flexibility index (Phi) is 12.6. The van der Waals surface area contributed by atoms with Crippen LogP contribution in [0.3, 0.4) is 0 Å². The Balaban J connectivity index is 1.16. The molecule has 2 unspecified atom stereocenters. The minimum atomic E-state index is 0.629. The van der Waals surface area contributed by atoms with Gasteiger partial charge in [-0.1, -0.05) is 87.4 Å². The predicted octanol–water partition coefficient (Wildman–Crippen LogP) is 14.2. The van der Waals surface area contributed by atoms with Crippen LogP contribution in [-0.4, -0.2) is 58.0 Å². The van der Waals surface area contributed by atoms with Gasteiger partial charge in [0.25, 0.3) is 0 Å². The van der Waals surface area contributed by atoms with Gasteiger partial charge in [0, 0.05) is 89.9 Å². The van der Waals surface area contributed by atoms with Gasteiger partial charge in [-0.2, -0.15) is 0 Å². The maximum absolute atomic E-state index is 5.67. The number of thiophene rings is 2. The topological polar surface area (TPSA) is 32.3 Å². The lowest BCUT2D eigenvalue weighted by atomic mass is 9.86. The third-order valence-electron chi connectivity index (χ3n) is 14.2. The third kappa shape index (κ3) is 8.31. The fraction of sp³-hybridized carbons (Fsp3) is 0.276. The number of likely N-dealkylation sites (tertiary alicyclic amines) is 2. The van der Waals surface area contributed by atoms with Crippen molar-refractivity contribution in [3.05, 3.63) is 181 Å². The van der Waals surface area contributed by atoms with E-state index < -0.39 is 0 Å². The molecule has 4 aliphatic heterocycles. The van der Waals surface area contributed by atoms with Gasteiger partial charge in [0.05, 0.1) is 22.8 Å². The first-order valence-corrected chi connectivity index (χ1v) is 25.3. The molecule has 2 atom stereocenters. The maximum atomic E-state index is 5.67. The fourth-order valence-electron chi connectivity index (χ4n) is 10.9. The second-order valence-corrected chi connectivity index (χ2v) is 20.1. The Labute approximate surface area is 390 Å². The molecule has 10 radical (unpaired) electrons. The van der Waals surface area contributed by atoms with Crippen LogP contribution in [0, 0.1) is 62.2 Å². The number of fused-ring (bicyclic) bond motifs is 8. The lowest BCUT2D eigenvalue weighted by molar-refractivity contribution is 0.152. The lowest BCUT2D eigenvalue weighted by Gasteiger charge is -2.37. The third-order valence-corrected chi connectivity index (χ3v) is 16.4. The van der Waals surface area contributed by atoms with Gasteiger partial charge in [0.15, 0.2) is 0 Å². The number of aromatic nitrogens is 2. The Morgan fingerprint density at radius 3 is 1.27 bits per heavy atom. The summed E-state index contributed by atoms with van der Waals surface area (Å²) >= 11 is 3.73. The summed E-state index contributed by atoms with van der Waals surface area (Å²) in [7, 11) is 0. The number of rotatable bonds is 10. The van der Waals surface area contributed by atoms with E-state index in [0.29, 0.717) is 12.1 Å². The summed E-state index contributed by atoms with van der Waals surface area (Å²) in [6, 6.07) is 32.3. The molecule has 4 fully saturated rings. The van der Waals surface area contributed by atoms with E-state index in [0.717, 1.165) is 60.1 Å². The van der Waals surface area contributed by atoms with Gasteiger partial charge in [0.2, 0.25) is 0 Å². The van der Waals surface area contributed by atoms with Crippen LogP contribution in [0.5, 0.6) is 0 Å². The average Bonchev–Trinajstić information content (AvgIpc) is 4.21.